The summed E-state index contributed by atoms with van der Waals surface area (Å²) in [7, 11) is 1.72. The molecule has 0 aromatic rings. The largest absolute Gasteiger partial charge is 0.383 e. The first kappa shape index (κ1) is 14.8. The van der Waals surface area contributed by atoms with Gasteiger partial charge in [0.1, 0.15) is 0 Å². The molecule has 2 rings (SSSR count). The number of amides is 1. The summed E-state index contributed by atoms with van der Waals surface area (Å²) < 4.78 is 11.0. The van der Waals surface area contributed by atoms with E-state index in [0.717, 1.165) is 39.2 Å². The zero-order chi connectivity index (χ0) is 13.8. The van der Waals surface area contributed by atoms with Crippen LogP contribution in [0.25, 0.3) is 0 Å². The van der Waals surface area contributed by atoms with Gasteiger partial charge in [0, 0.05) is 33.3 Å². The summed E-state index contributed by atoms with van der Waals surface area (Å²) in [5.74, 6) is 0.676. The molecule has 0 spiro atoms. The number of rotatable bonds is 6. The van der Waals surface area contributed by atoms with E-state index >= 15 is 0 Å². The van der Waals surface area contributed by atoms with E-state index in [-0.39, 0.29) is 24.0 Å². The molecule has 2 saturated heterocycles. The second-order valence-electron chi connectivity index (χ2n) is 6.03. The molecule has 2 bridgehead atoms. The fourth-order valence-corrected chi connectivity index (χ4v) is 2.85. The lowest BCUT2D eigenvalue weighted by Gasteiger charge is -2.32. The molecule has 2 heterocycles. The number of morpholine rings is 1. The van der Waals surface area contributed by atoms with Crippen molar-refractivity contribution < 1.29 is 14.3 Å². The van der Waals surface area contributed by atoms with Gasteiger partial charge in [-0.05, 0) is 12.3 Å². The Bertz CT molecular complexity index is 309. The topological polar surface area (TPSA) is 50.8 Å². The third kappa shape index (κ3) is 3.91. The number of methoxy groups -OCH3 is 1. The van der Waals surface area contributed by atoms with Crippen LogP contribution in [0.1, 0.15) is 20.3 Å². The maximum absolute atomic E-state index is 12.2. The Labute approximate surface area is 115 Å². The highest BCUT2D eigenvalue weighted by Crippen LogP contribution is 2.31. The van der Waals surface area contributed by atoms with E-state index in [4.69, 9.17) is 9.47 Å². The van der Waals surface area contributed by atoms with E-state index in [1.807, 2.05) is 0 Å². The predicted molar refractivity (Wildman–Crippen MR) is 72.9 cm³/mol. The van der Waals surface area contributed by atoms with Gasteiger partial charge in [-0.25, -0.2) is 0 Å². The van der Waals surface area contributed by atoms with Crippen LogP contribution < -0.4 is 5.32 Å². The van der Waals surface area contributed by atoms with Gasteiger partial charge in [0.2, 0.25) is 5.91 Å². The lowest BCUT2D eigenvalue weighted by Crippen LogP contribution is -2.46. The van der Waals surface area contributed by atoms with Crippen molar-refractivity contribution in [2.24, 2.45) is 11.8 Å². The quantitative estimate of drug-likeness (QED) is 0.763. The van der Waals surface area contributed by atoms with Crippen LogP contribution in [-0.4, -0.2) is 62.9 Å². The van der Waals surface area contributed by atoms with Crippen molar-refractivity contribution in [3.05, 3.63) is 0 Å². The Morgan fingerprint density at radius 2 is 2.26 bits per heavy atom. The van der Waals surface area contributed by atoms with Crippen molar-refractivity contribution >= 4 is 5.91 Å². The zero-order valence-corrected chi connectivity index (χ0v) is 12.2. The van der Waals surface area contributed by atoms with Crippen molar-refractivity contribution in [1.29, 1.82) is 0 Å². The number of carbonyl (C=O) groups is 1. The van der Waals surface area contributed by atoms with E-state index in [9.17, 15) is 4.79 Å². The van der Waals surface area contributed by atoms with E-state index < -0.39 is 0 Å². The molecule has 5 nitrogen and oxygen atoms in total. The van der Waals surface area contributed by atoms with Gasteiger partial charge >= 0.3 is 0 Å². The molecule has 0 aromatic heterocycles. The summed E-state index contributed by atoms with van der Waals surface area (Å²) in [4.78, 5) is 14.5. The summed E-state index contributed by atoms with van der Waals surface area (Å²) in [6.45, 7) is 8.40. The molecule has 0 unspecified atom stereocenters. The molecule has 1 amide bonds. The molecule has 0 aliphatic carbocycles. The Morgan fingerprint density at radius 3 is 2.95 bits per heavy atom. The second-order valence-corrected chi connectivity index (χ2v) is 6.03. The standard InChI is InChI=1S/C14H26N2O3/c1-10(2)7-15-14(17)12-6-11-8-16(4-5-18-3)9-13(12)19-11/h10-13H,4-9H2,1-3H3,(H,15,17)/t11-,12+,13-/m1/s1. The van der Waals surface area contributed by atoms with Crippen LogP contribution in [-0.2, 0) is 14.3 Å². The molecule has 19 heavy (non-hydrogen) atoms. The average Bonchev–Trinajstić information content (AvgIpc) is 2.68. The molecule has 5 heteroatoms. The Kier molecular flexibility index (Phi) is 5.19. The summed E-state index contributed by atoms with van der Waals surface area (Å²) in [5.41, 5.74) is 0. The van der Waals surface area contributed by atoms with E-state index in [1.54, 1.807) is 7.11 Å². The zero-order valence-electron chi connectivity index (χ0n) is 12.2. The number of hydrogen-bond acceptors (Lipinski definition) is 4. The molecule has 110 valence electrons. The number of hydrogen-bond donors (Lipinski definition) is 1. The first-order chi connectivity index (χ1) is 9.10. The molecule has 2 aliphatic heterocycles. The van der Waals surface area contributed by atoms with Crippen molar-refractivity contribution in [1.82, 2.24) is 10.2 Å². The van der Waals surface area contributed by atoms with Gasteiger partial charge in [0.25, 0.3) is 0 Å². The van der Waals surface area contributed by atoms with Crippen molar-refractivity contribution in [2.45, 2.75) is 32.5 Å². The maximum atomic E-state index is 12.2. The van der Waals surface area contributed by atoms with E-state index in [2.05, 4.69) is 24.1 Å². The van der Waals surface area contributed by atoms with Gasteiger partial charge in [-0.3, -0.25) is 9.69 Å². The number of ether oxygens (including phenoxy) is 2. The lowest BCUT2D eigenvalue weighted by molar-refractivity contribution is -0.128. The molecule has 0 aromatic carbocycles. The second kappa shape index (κ2) is 6.68. The summed E-state index contributed by atoms with van der Waals surface area (Å²) in [6.07, 6.45) is 1.13. The SMILES string of the molecule is COCCN1C[C@H]2C[C@H](C(=O)NCC(C)C)[C@@H](C1)O2. The average molecular weight is 270 g/mol. The third-order valence-corrected chi connectivity index (χ3v) is 3.87. The van der Waals surface area contributed by atoms with Crippen LogP contribution in [0.15, 0.2) is 0 Å². The van der Waals surface area contributed by atoms with Gasteiger partial charge < -0.3 is 14.8 Å². The molecular formula is C14H26N2O3. The van der Waals surface area contributed by atoms with Crippen LogP contribution in [0.5, 0.6) is 0 Å². The smallest absolute Gasteiger partial charge is 0.225 e. The normalized spacial score (nSPS) is 30.8. The molecule has 2 fully saturated rings. The van der Waals surface area contributed by atoms with Crippen molar-refractivity contribution in [3.63, 3.8) is 0 Å². The maximum Gasteiger partial charge on any atom is 0.225 e. The first-order valence-corrected chi connectivity index (χ1v) is 7.24. The minimum Gasteiger partial charge on any atom is -0.383 e. The van der Waals surface area contributed by atoms with Gasteiger partial charge in [0.15, 0.2) is 0 Å². The monoisotopic (exact) mass is 270 g/mol. The molecule has 0 saturated carbocycles. The first-order valence-electron chi connectivity index (χ1n) is 7.24. The van der Waals surface area contributed by atoms with Gasteiger partial charge in [0.05, 0.1) is 24.7 Å². The van der Waals surface area contributed by atoms with Gasteiger partial charge in [-0.1, -0.05) is 13.8 Å². The number of likely N-dealkylation sites (tertiary alicyclic amines) is 1. The van der Waals surface area contributed by atoms with Crippen molar-refractivity contribution in [2.75, 3.05) is 39.9 Å². The number of nitrogens with zero attached hydrogens (tertiary/aromatic N) is 1. The highest BCUT2D eigenvalue weighted by Gasteiger charge is 2.44. The van der Waals surface area contributed by atoms with Crippen LogP contribution in [0.4, 0.5) is 0 Å². The molecular weight excluding hydrogens is 244 g/mol. The minimum absolute atomic E-state index is 0.0243. The molecule has 3 atom stereocenters. The molecule has 0 radical (unpaired) electrons. The van der Waals surface area contributed by atoms with Gasteiger partial charge in [-0.15, -0.1) is 0 Å². The van der Waals surface area contributed by atoms with Crippen molar-refractivity contribution in [3.8, 4) is 0 Å². The number of carbonyl (C=O) groups excluding carboxylic acids is 1. The lowest BCUT2D eigenvalue weighted by atomic mass is 9.99. The Hall–Kier alpha value is -0.650. The molecule has 2 aliphatic rings. The number of nitrogens with one attached hydrogen (secondary N) is 1. The fraction of sp³-hybridized carbons (Fsp3) is 0.929. The summed E-state index contributed by atoms with van der Waals surface area (Å²) in [5, 5.41) is 3.03. The molecule has 1 N–H and O–H groups in total. The predicted octanol–water partition coefficient (Wildman–Crippen LogP) is 0.494. The highest BCUT2D eigenvalue weighted by molar-refractivity contribution is 5.79. The third-order valence-electron chi connectivity index (χ3n) is 3.87. The Balaban J connectivity index is 1.83. The fourth-order valence-electron chi connectivity index (χ4n) is 2.85. The van der Waals surface area contributed by atoms with Crippen LogP contribution in [0, 0.1) is 11.8 Å². The summed E-state index contributed by atoms with van der Waals surface area (Å²) in [6, 6.07) is 0. The van der Waals surface area contributed by atoms with Crippen LogP contribution in [0.2, 0.25) is 0 Å². The van der Waals surface area contributed by atoms with Crippen LogP contribution >= 0.6 is 0 Å². The summed E-state index contributed by atoms with van der Waals surface area (Å²) >= 11 is 0. The van der Waals surface area contributed by atoms with E-state index in [0.29, 0.717) is 5.92 Å². The van der Waals surface area contributed by atoms with E-state index in [1.165, 1.54) is 0 Å². The van der Waals surface area contributed by atoms with Gasteiger partial charge in [-0.2, -0.15) is 0 Å². The highest BCUT2D eigenvalue weighted by atomic mass is 16.5. The van der Waals surface area contributed by atoms with Crippen LogP contribution in [0.3, 0.4) is 0 Å². The minimum atomic E-state index is 0.0243. The number of fused-ring (bicyclic) bond motifs is 2. The Morgan fingerprint density at radius 1 is 1.47 bits per heavy atom.